The van der Waals surface area contributed by atoms with Crippen molar-refractivity contribution in [3.63, 3.8) is 0 Å². The summed E-state index contributed by atoms with van der Waals surface area (Å²) in [5, 5.41) is 8.15. The zero-order chi connectivity index (χ0) is 20.1. The minimum Gasteiger partial charge on any atom is -0.408 e. The van der Waals surface area contributed by atoms with Crippen LogP contribution in [0, 0.1) is 0 Å². The fourth-order valence-electron chi connectivity index (χ4n) is 3.77. The summed E-state index contributed by atoms with van der Waals surface area (Å²) < 4.78 is 5.65. The third kappa shape index (κ3) is 4.47. The van der Waals surface area contributed by atoms with Crippen molar-refractivity contribution >= 4 is 11.9 Å². The number of nitrogens with zero attached hydrogens (tertiary/aromatic N) is 4. The molecule has 1 aliphatic heterocycles. The SMILES string of the molecule is CCc1nnc(N2CCN(C(=O)CC(c3ccccc3)c3ccccc3)CC2)o1. The molecule has 0 spiro atoms. The number of aryl methyl sites for hydroxylation is 1. The first-order chi connectivity index (χ1) is 14.2. The van der Waals surface area contributed by atoms with Crippen LogP contribution in [0.4, 0.5) is 6.01 Å². The van der Waals surface area contributed by atoms with Crippen molar-refractivity contribution in [1.29, 1.82) is 0 Å². The third-order valence-corrected chi connectivity index (χ3v) is 5.44. The molecule has 0 bridgehead atoms. The fourth-order valence-corrected chi connectivity index (χ4v) is 3.77. The molecule has 1 fully saturated rings. The number of rotatable bonds is 6. The van der Waals surface area contributed by atoms with Crippen LogP contribution in [0.2, 0.25) is 0 Å². The van der Waals surface area contributed by atoms with Crippen LogP contribution in [0.25, 0.3) is 0 Å². The zero-order valence-corrected chi connectivity index (χ0v) is 16.7. The molecule has 0 saturated carbocycles. The van der Waals surface area contributed by atoms with Crippen molar-refractivity contribution in [3.05, 3.63) is 77.7 Å². The minimum atomic E-state index is 0.0611. The van der Waals surface area contributed by atoms with Gasteiger partial charge in [-0.05, 0) is 11.1 Å². The van der Waals surface area contributed by atoms with Crippen LogP contribution in [0.1, 0.15) is 36.3 Å². The first-order valence-electron chi connectivity index (χ1n) is 10.2. The molecule has 0 radical (unpaired) electrons. The molecule has 0 atom stereocenters. The molecule has 4 rings (SSSR count). The van der Waals surface area contributed by atoms with Crippen molar-refractivity contribution < 1.29 is 9.21 Å². The van der Waals surface area contributed by atoms with Gasteiger partial charge in [-0.15, -0.1) is 5.10 Å². The molecule has 0 unspecified atom stereocenters. The van der Waals surface area contributed by atoms with Gasteiger partial charge in [0.1, 0.15) is 0 Å². The first kappa shape index (κ1) is 19.2. The van der Waals surface area contributed by atoms with Crippen LogP contribution >= 0.6 is 0 Å². The van der Waals surface area contributed by atoms with E-state index in [4.69, 9.17) is 4.42 Å². The Kier molecular flexibility index (Phi) is 5.89. The molecule has 3 aromatic rings. The Balaban J connectivity index is 1.42. The lowest BCUT2D eigenvalue weighted by molar-refractivity contribution is -0.131. The van der Waals surface area contributed by atoms with Crippen molar-refractivity contribution in [2.45, 2.75) is 25.7 Å². The van der Waals surface area contributed by atoms with Gasteiger partial charge in [-0.1, -0.05) is 72.7 Å². The van der Waals surface area contributed by atoms with Gasteiger partial charge in [0.25, 0.3) is 0 Å². The second-order valence-corrected chi connectivity index (χ2v) is 7.28. The van der Waals surface area contributed by atoms with Crippen LogP contribution in [-0.2, 0) is 11.2 Å². The molecule has 2 heterocycles. The number of carbonyl (C=O) groups excluding carboxylic acids is 1. The topological polar surface area (TPSA) is 62.5 Å². The highest BCUT2D eigenvalue weighted by Crippen LogP contribution is 2.29. The monoisotopic (exact) mass is 390 g/mol. The first-order valence-corrected chi connectivity index (χ1v) is 10.2. The maximum Gasteiger partial charge on any atom is 0.318 e. The molecule has 6 heteroatoms. The lowest BCUT2D eigenvalue weighted by Gasteiger charge is -2.34. The number of aromatic nitrogens is 2. The van der Waals surface area contributed by atoms with Crippen molar-refractivity contribution in [2.75, 3.05) is 31.1 Å². The van der Waals surface area contributed by atoms with Crippen molar-refractivity contribution in [1.82, 2.24) is 15.1 Å². The number of amides is 1. The highest BCUT2D eigenvalue weighted by Gasteiger charge is 2.27. The van der Waals surface area contributed by atoms with Crippen molar-refractivity contribution in [3.8, 4) is 0 Å². The summed E-state index contributed by atoms with van der Waals surface area (Å²) in [6, 6.07) is 21.1. The molecule has 29 heavy (non-hydrogen) atoms. The Hall–Kier alpha value is -3.15. The summed E-state index contributed by atoms with van der Waals surface area (Å²) >= 11 is 0. The zero-order valence-electron chi connectivity index (χ0n) is 16.7. The summed E-state index contributed by atoms with van der Waals surface area (Å²) in [6.45, 7) is 4.73. The number of hydrogen-bond donors (Lipinski definition) is 0. The van der Waals surface area contributed by atoms with E-state index in [2.05, 4.69) is 39.4 Å². The summed E-state index contributed by atoms with van der Waals surface area (Å²) in [7, 11) is 0. The van der Waals surface area contributed by atoms with E-state index in [0.29, 0.717) is 44.5 Å². The quantitative estimate of drug-likeness (QED) is 0.645. The number of piperazine rings is 1. The highest BCUT2D eigenvalue weighted by molar-refractivity contribution is 5.78. The maximum atomic E-state index is 13.1. The van der Waals surface area contributed by atoms with E-state index < -0.39 is 0 Å². The molecular formula is C23H26N4O2. The maximum absolute atomic E-state index is 13.1. The molecule has 1 aliphatic rings. The minimum absolute atomic E-state index is 0.0611. The molecule has 0 aliphatic carbocycles. The standard InChI is InChI=1S/C23H26N4O2/c1-2-21-24-25-23(29-21)27-15-13-26(14-16-27)22(28)17-20(18-9-5-3-6-10-18)19-11-7-4-8-12-19/h3-12,20H,2,13-17H2,1H3. The van der Waals surface area contributed by atoms with Crippen LogP contribution in [0.3, 0.4) is 0 Å². The van der Waals surface area contributed by atoms with Gasteiger partial charge in [-0.2, -0.15) is 0 Å². The van der Waals surface area contributed by atoms with Gasteiger partial charge in [-0.25, -0.2) is 0 Å². The van der Waals surface area contributed by atoms with Crippen LogP contribution < -0.4 is 4.90 Å². The Morgan fingerprint density at radius 1 is 0.931 bits per heavy atom. The third-order valence-electron chi connectivity index (χ3n) is 5.44. The van der Waals surface area contributed by atoms with Gasteiger partial charge in [0.2, 0.25) is 11.8 Å². The van der Waals surface area contributed by atoms with Crippen molar-refractivity contribution in [2.24, 2.45) is 0 Å². The average Bonchev–Trinajstić information content (AvgIpc) is 3.28. The molecule has 1 amide bonds. The molecule has 0 N–H and O–H groups in total. The van der Waals surface area contributed by atoms with E-state index in [9.17, 15) is 4.79 Å². The van der Waals surface area contributed by atoms with E-state index >= 15 is 0 Å². The van der Waals surface area contributed by atoms with Crippen LogP contribution in [-0.4, -0.2) is 47.2 Å². The summed E-state index contributed by atoms with van der Waals surface area (Å²) in [6.07, 6.45) is 1.19. The number of benzene rings is 2. The molecule has 1 aromatic heterocycles. The van der Waals surface area contributed by atoms with Gasteiger partial charge in [-0.3, -0.25) is 4.79 Å². The average molecular weight is 390 g/mol. The van der Waals surface area contributed by atoms with Gasteiger partial charge < -0.3 is 14.2 Å². The normalized spacial score (nSPS) is 14.4. The Bertz CT molecular complexity index is 879. The smallest absolute Gasteiger partial charge is 0.318 e. The van der Waals surface area contributed by atoms with Gasteiger partial charge >= 0.3 is 6.01 Å². The lowest BCUT2D eigenvalue weighted by atomic mass is 9.88. The number of hydrogen-bond acceptors (Lipinski definition) is 5. The Morgan fingerprint density at radius 3 is 2.03 bits per heavy atom. The van der Waals surface area contributed by atoms with E-state index in [1.165, 1.54) is 11.1 Å². The van der Waals surface area contributed by atoms with Gasteiger partial charge in [0.15, 0.2) is 0 Å². The molecule has 1 saturated heterocycles. The molecule has 2 aromatic carbocycles. The fraction of sp³-hybridized carbons (Fsp3) is 0.348. The van der Waals surface area contributed by atoms with Crippen LogP contribution in [0.5, 0.6) is 0 Å². The number of anilines is 1. The largest absolute Gasteiger partial charge is 0.408 e. The Morgan fingerprint density at radius 2 is 1.52 bits per heavy atom. The summed E-state index contributed by atoms with van der Waals surface area (Å²) in [4.78, 5) is 17.1. The summed E-state index contributed by atoms with van der Waals surface area (Å²) in [5.41, 5.74) is 2.34. The van der Waals surface area contributed by atoms with Crippen LogP contribution in [0.15, 0.2) is 65.1 Å². The predicted molar refractivity (Wildman–Crippen MR) is 112 cm³/mol. The van der Waals surface area contributed by atoms with E-state index in [0.717, 1.165) is 6.42 Å². The van der Waals surface area contributed by atoms with E-state index in [1.54, 1.807) is 0 Å². The molecular weight excluding hydrogens is 364 g/mol. The molecule has 150 valence electrons. The highest BCUT2D eigenvalue weighted by atomic mass is 16.4. The predicted octanol–water partition coefficient (Wildman–Crippen LogP) is 3.50. The second kappa shape index (κ2) is 8.90. The van der Waals surface area contributed by atoms with E-state index in [-0.39, 0.29) is 11.8 Å². The van der Waals surface area contributed by atoms with Gasteiger partial charge in [0, 0.05) is 44.9 Å². The van der Waals surface area contributed by atoms with E-state index in [1.807, 2.05) is 48.2 Å². The summed E-state index contributed by atoms with van der Waals surface area (Å²) in [5.74, 6) is 0.889. The second-order valence-electron chi connectivity index (χ2n) is 7.28. The lowest BCUT2D eigenvalue weighted by Crippen LogP contribution is -2.49. The molecule has 6 nitrogen and oxygen atoms in total. The van der Waals surface area contributed by atoms with Gasteiger partial charge in [0.05, 0.1) is 0 Å². The number of carbonyl (C=O) groups is 1. The Labute approximate surface area is 171 Å².